The summed E-state index contributed by atoms with van der Waals surface area (Å²) in [6.07, 6.45) is 11.0. The Morgan fingerprint density at radius 3 is 1.68 bits per heavy atom. The highest BCUT2D eigenvalue weighted by Gasteiger charge is 2.36. The Labute approximate surface area is 218 Å². The first-order chi connectivity index (χ1) is 17.8. The molecule has 37 heavy (non-hydrogen) atoms. The zero-order valence-electron chi connectivity index (χ0n) is 21.3. The lowest BCUT2D eigenvalue weighted by Gasteiger charge is -2.21. The number of carbonyl (C=O) groups excluding carboxylic acids is 2. The number of carbonyl (C=O) groups is 2. The number of hydrogen-bond donors (Lipinski definition) is 2. The number of hydrogen-bond acceptors (Lipinski definition) is 6. The third-order valence-electron chi connectivity index (χ3n) is 7.22. The molecule has 0 saturated carbocycles. The molecule has 0 fully saturated rings. The lowest BCUT2D eigenvalue weighted by Crippen LogP contribution is -2.21. The number of phenols is 2. The highest BCUT2D eigenvalue weighted by Crippen LogP contribution is 2.44. The van der Waals surface area contributed by atoms with E-state index in [0.29, 0.717) is 6.42 Å². The number of aromatic hydroxyl groups is 2. The lowest BCUT2D eigenvalue weighted by molar-refractivity contribution is 0.0974. The summed E-state index contributed by atoms with van der Waals surface area (Å²) >= 11 is 0. The first kappa shape index (κ1) is 26.9. The Kier molecular flexibility index (Phi) is 8.32. The standard InChI is InChI=1S/C30H34O6S/c1-2-3-4-5-6-7-8-9-10-13-18-37(35,36)20-16-17-23-24(19-20)30(34)26-25(29(23)33)27(31)21-14-11-12-15-22(21)28(26)32/h11-12,14-17,19,33-34H,2-10,13,18H2,1H3. The fourth-order valence-corrected chi connectivity index (χ4v) is 6.51. The van der Waals surface area contributed by atoms with Gasteiger partial charge in [-0.2, -0.15) is 0 Å². The van der Waals surface area contributed by atoms with Crippen molar-refractivity contribution in [3.8, 4) is 11.5 Å². The average Bonchev–Trinajstić information content (AvgIpc) is 2.90. The second-order valence-electron chi connectivity index (χ2n) is 9.86. The van der Waals surface area contributed by atoms with Crippen molar-refractivity contribution in [1.29, 1.82) is 0 Å². The Morgan fingerprint density at radius 2 is 1.14 bits per heavy atom. The molecule has 0 atom stereocenters. The van der Waals surface area contributed by atoms with Crippen molar-refractivity contribution < 1.29 is 28.2 Å². The van der Waals surface area contributed by atoms with Gasteiger partial charge in [-0.25, -0.2) is 8.42 Å². The van der Waals surface area contributed by atoms with Crippen LogP contribution in [-0.2, 0) is 9.84 Å². The van der Waals surface area contributed by atoms with Crippen LogP contribution in [-0.4, -0.2) is 36.0 Å². The minimum atomic E-state index is -3.63. The molecule has 1 aliphatic carbocycles. The fourth-order valence-electron chi connectivity index (χ4n) is 5.11. The molecule has 0 heterocycles. The summed E-state index contributed by atoms with van der Waals surface area (Å²) < 4.78 is 26.0. The Balaban J connectivity index is 1.50. The van der Waals surface area contributed by atoms with Crippen LogP contribution < -0.4 is 0 Å². The van der Waals surface area contributed by atoms with Crippen LogP contribution in [0.4, 0.5) is 0 Å². The number of sulfone groups is 1. The normalized spacial score (nSPS) is 13.1. The molecule has 0 aliphatic heterocycles. The summed E-state index contributed by atoms with van der Waals surface area (Å²) in [7, 11) is -3.63. The van der Waals surface area contributed by atoms with Gasteiger partial charge in [0.05, 0.1) is 21.8 Å². The highest BCUT2D eigenvalue weighted by molar-refractivity contribution is 7.91. The van der Waals surface area contributed by atoms with Crippen LogP contribution in [0, 0.1) is 0 Å². The molecule has 6 nitrogen and oxygen atoms in total. The van der Waals surface area contributed by atoms with Gasteiger partial charge >= 0.3 is 0 Å². The van der Waals surface area contributed by atoms with E-state index in [0.717, 1.165) is 19.3 Å². The number of fused-ring (bicyclic) bond motifs is 3. The number of benzene rings is 3. The predicted molar refractivity (Wildman–Crippen MR) is 144 cm³/mol. The van der Waals surface area contributed by atoms with Crippen molar-refractivity contribution >= 4 is 32.2 Å². The van der Waals surface area contributed by atoms with Gasteiger partial charge in [-0.05, 0) is 24.6 Å². The summed E-state index contributed by atoms with van der Waals surface area (Å²) in [4.78, 5) is 26.2. The maximum Gasteiger partial charge on any atom is 0.198 e. The number of unbranched alkanes of at least 4 members (excludes halogenated alkanes) is 9. The van der Waals surface area contributed by atoms with Gasteiger partial charge in [-0.15, -0.1) is 0 Å². The lowest BCUT2D eigenvalue weighted by atomic mass is 9.81. The van der Waals surface area contributed by atoms with E-state index in [1.165, 1.54) is 68.9 Å². The SMILES string of the molecule is CCCCCCCCCCCCS(=O)(=O)c1ccc2c(O)c3c(c(O)c2c1)C(=O)c1ccccc1C3=O. The summed E-state index contributed by atoms with van der Waals surface area (Å²) in [5.41, 5.74) is -0.254. The molecule has 0 radical (unpaired) electrons. The maximum absolute atomic E-state index is 13.1. The van der Waals surface area contributed by atoms with Crippen LogP contribution in [0.2, 0.25) is 0 Å². The van der Waals surface area contributed by atoms with Gasteiger partial charge in [0.25, 0.3) is 0 Å². The second kappa shape index (κ2) is 11.5. The summed E-state index contributed by atoms with van der Waals surface area (Å²) in [6, 6.07) is 10.3. The number of ketones is 2. The maximum atomic E-state index is 13.1. The van der Waals surface area contributed by atoms with Gasteiger partial charge in [0, 0.05) is 21.9 Å². The van der Waals surface area contributed by atoms with E-state index in [9.17, 15) is 28.2 Å². The molecule has 4 rings (SSSR count). The van der Waals surface area contributed by atoms with Crippen LogP contribution in [0.1, 0.15) is 103 Å². The molecule has 0 bridgehead atoms. The topological polar surface area (TPSA) is 109 Å². The van der Waals surface area contributed by atoms with E-state index >= 15 is 0 Å². The second-order valence-corrected chi connectivity index (χ2v) is 12.0. The molecule has 0 aromatic heterocycles. The van der Waals surface area contributed by atoms with Crippen molar-refractivity contribution in [2.75, 3.05) is 5.75 Å². The van der Waals surface area contributed by atoms with Crippen LogP contribution in [0.3, 0.4) is 0 Å². The van der Waals surface area contributed by atoms with E-state index in [2.05, 4.69) is 6.92 Å². The zero-order valence-corrected chi connectivity index (χ0v) is 22.1. The molecule has 196 valence electrons. The monoisotopic (exact) mass is 522 g/mol. The van der Waals surface area contributed by atoms with Crippen molar-refractivity contribution in [1.82, 2.24) is 0 Å². The van der Waals surface area contributed by atoms with E-state index in [1.54, 1.807) is 12.1 Å². The first-order valence-corrected chi connectivity index (χ1v) is 14.9. The van der Waals surface area contributed by atoms with Crippen LogP contribution >= 0.6 is 0 Å². The molecule has 3 aromatic carbocycles. The first-order valence-electron chi connectivity index (χ1n) is 13.2. The minimum Gasteiger partial charge on any atom is -0.506 e. The van der Waals surface area contributed by atoms with Gasteiger partial charge in [0.2, 0.25) is 0 Å². The quantitative estimate of drug-likeness (QED) is 0.158. The number of rotatable bonds is 12. The average molecular weight is 523 g/mol. The Bertz CT molecular complexity index is 1440. The zero-order chi connectivity index (χ0) is 26.6. The molecule has 1 aliphatic rings. The van der Waals surface area contributed by atoms with E-state index in [1.807, 2.05) is 0 Å². The van der Waals surface area contributed by atoms with Gasteiger partial charge in [0.1, 0.15) is 11.5 Å². The van der Waals surface area contributed by atoms with Gasteiger partial charge in [-0.1, -0.05) is 89.0 Å². The summed E-state index contributed by atoms with van der Waals surface area (Å²) in [6.45, 7) is 2.20. The van der Waals surface area contributed by atoms with Crippen LogP contribution in [0.5, 0.6) is 11.5 Å². The van der Waals surface area contributed by atoms with E-state index in [-0.39, 0.29) is 43.7 Å². The van der Waals surface area contributed by atoms with Crippen LogP contribution in [0.25, 0.3) is 10.8 Å². The predicted octanol–water partition coefficient (Wildman–Crippen LogP) is 6.72. The van der Waals surface area contributed by atoms with Crippen molar-refractivity contribution in [3.63, 3.8) is 0 Å². The Hall–Kier alpha value is -3.19. The van der Waals surface area contributed by atoms with E-state index < -0.39 is 32.9 Å². The minimum absolute atomic E-state index is 0.0144. The van der Waals surface area contributed by atoms with Crippen molar-refractivity contribution in [2.24, 2.45) is 0 Å². The number of phenolic OH excluding ortho intramolecular Hbond substituents is 2. The molecular formula is C30H34O6S. The van der Waals surface area contributed by atoms with Crippen molar-refractivity contribution in [2.45, 2.75) is 76.0 Å². The van der Waals surface area contributed by atoms with Crippen LogP contribution in [0.15, 0.2) is 47.4 Å². The molecule has 0 amide bonds. The molecule has 0 unspecified atom stereocenters. The smallest absolute Gasteiger partial charge is 0.198 e. The fraction of sp³-hybridized carbons (Fsp3) is 0.400. The van der Waals surface area contributed by atoms with Gasteiger partial charge < -0.3 is 10.2 Å². The Morgan fingerprint density at radius 1 is 0.649 bits per heavy atom. The third-order valence-corrected chi connectivity index (χ3v) is 9.02. The van der Waals surface area contributed by atoms with E-state index in [4.69, 9.17) is 0 Å². The van der Waals surface area contributed by atoms with Gasteiger partial charge in [0.15, 0.2) is 21.4 Å². The molecule has 3 aromatic rings. The van der Waals surface area contributed by atoms with Gasteiger partial charge in [-0.3, -0.25) is 9.59 Å². The summed E-state index contributed by atoms with van der Waals surface area (Å²) in [5.74, 6) is -2.09. The molecule has 7 heteroatoms. The summed E-state index contributed by atoms with van der Waals surface area (Å²) in [5, 5.41) is 22.1. The molecular weight excluding hydrogens is 488 g/mol. The molecule has 0 spiro atoms. The van der Waals surface area contributed by atoms with Crippen molar-refractivity contribution in [3.05, 3.63) is 64.7 Å². The molecule has 2 N–H and O–H groups in total. The molecule has 0 saturated heterocycles. The largest absolute Gasteiger partial charge is 0.506 e. The third kappa shape index (κ3) is 5.42. The highest BCUT2D eigenvalue weighted by atomic mass is 32.2.